The number of aromatic nitrogens is 2. The summed E-state index contributed by atoms with van der Waals surface area (Å²) in [4.78, 5) is 12.2. The minimum atomic E-state index is -3.76. The zero-order chi connectivity index (χ0) is 21.0. The van der Waals surface area contributed by atoms with Crippen LogP contribution in [0.15, 0.2) is 52.9 Å². The zero-order valence-corrected chi connectivity index (χ0v) is 18.1. The first kappa shape index (κ1) is 21.3. The van der Waals surface area contributed by atoms with Crippen molar-refractivity contribution in [2.45, 2.75) is 10.8 Å². The molecule has 0 aliphatic rings. The fourth-order valence-electron chi connectivity index (χ4n) is 2.46. The van der Waals surface area contributed by atoms with E-state index in [2.05, 4.69) is 10.4 Å². The van der Waals surface area contributed by atoms with Gasteiger partial charge >= 0.3 is 0 Å². The Morgan fingerprint density at radius 2 is 1.97 bits per heavy atom. The van der Waals surface area contributed by atoms with Crippen LogP contribution in [0.5, 0.6) is 5.75 Å². The van der Waals surface area contributed by atoms with Crippen LogP contribution in [0.4, 0.5) is 0 Å². The molecule has 11 heteroatoms. The normalized spacial score (nSPS) is 11.6. The topological polar surface area (TPSA) is 93.5 Å². The predicted octanol–water partition coefficient (Wildman–Crippen LogP) is 2.53. The molecule has 2 heterocycles. The number of nitrogens with one attached hydrogen (secondary N) is 1. The van der Waals surface area contributed by atoms with Crippen molar-refractivity contribution in [2.75, 3.05) is 20.7 Å². The number of rotatable bonds is 8. The number of carbonyl (C=O) groups excluding carboxylic acids is 1. The first-order valence-corrected chi connectivity index (χ1v) is 11.1. The van der Waals surface area contributed by atoms with Crippen LogP contribution in [0, 0.1) is 0 Å². The average Bonchev–Trinajstić information content (AvgIpc) is 3.36. The van der Waals surface area contributed by atoms with Gasteiger partial charge in [0.1, 0.15) is 9.96 Å². The number of thiophene rings is 1. The van der Waals surface area contributed by atoms with Crippen LogP contribution in [0.1, 0.15) is 5.69 Å². The number of benzene rings is 1. The molecule has 29 heavy (non-hydrogen) atoms. The lowest BCUT2D eigenvalue weighted by Gasteiger charge is -2.15. The van der Waals surface area contributed by atoms with E-state index < -0.39 is 15.9 Å². The van der Waals surface area contributed by atoms with Gasteiger partial charge in [0.2, 0.25) is 5.91 Å². The highest BCUT2D eigenvalue weighted by Gasteiger charge is 2.24. The number of hydrogen-bond donors (Lipinski definition) is 1. The minimum absolute atomic E-state index is 0.0936. The molecule has 0 aliphatic carbocycles. The lowest BCUT2D eigenvalue weighted by atomic mass is 10.3. The number of halogens is 1. The maximum atomic E-state index is 12.4. The fraction of sp³-hybridized carbons (Fsp3) is 0.222. The molecule has 2 aromatic heterocycles. The van der Waals surface area contributed by atoms with E-state index >= 15 is 0 Å². The largest absolute Gasteiger partial charge is 0.497 e. The number of carbonyl (C=O) groups is 1. The van der Waals surface area contributed by atoms with E-state index in [1.54, 1.807) is 24.1 Å². The van der Waals surface area contributed by atoms with Crippen LogP contribution in [0.25, 0.3) is 5.69 Å². The van der Waals surface area contributed by atoms with Gasteiger partial charge in [-0.05, 0) is 42.5 Å². The van der Waals surface area contributed by atoms with E-state index in [9.17, 15) is 13.2 Å². The van der Waals surface area contributed by atoms with E-state index in [0.29, 0.717) is 10.0 Å². The van der Waals surface area contributed by atoms with Gasteiger partial charge in [0.15, 0.2) is 0 Å². The van der Waals surface area contributed by atoms with E-state index in [1.807, 2.05) is 24.3 Å². The number of nitrogens with zero attached hydrogens (tertiary/aromatic N) is 3. The van der Waals surface area contributed by atoms with Crippen molar-refractivity contribution in [2.24, 2.45) is 0 Å². The average molecular weight is 455 g/mol. The van der Waals surface area contributed by atoms with E-state index in [0.717, 1.165) is 27.1 Å². The molecule has 154 valence electrons. The molecule has 0 saturated heterocycles. The standard InChI is InChI=1S/C18H19ClN4O4S2/c1-22(29(25,26)18-8-7-16(19)28-18)12-17(24)20-11-13-9-10-23(21-13)14-3-5-15(27-2)6-4-14/h3-10H,11-12H2,1-2H3,(H,20,24). The van der Waals surface area contributed by atoms with E-state index in [-0.39, 0.29) is 17.3 Å². The highest BCUT2D eigenvalue weighted by Crippen LogP contribution is 2.27. The Kier molecular flexibility index (Phi) is 6.58. The van der Waals surface area contributed by atoms with Gasteiger partial charge in [-0.3, -0.25) is 4.79 Å². The molecule has 0 bridgehead atoms. The van der Waals surface area contributed by atoms with Gasteiger partial charge in [-0.1, -0.05) is 11.6 Å². The zero-order valence-electron chi connectivity index (χ0n) is 15.7. The Labute approximate surface area is 177 Å². The molecule has 0 atom stereocenters. The van der Waals surface area contributed by atoms with Crippen molar-refractivity contribution >= 4 is 38.9 Å². The van der Waals surface area contributed by atoms with Gasteiger partial charge in [0.25, 0.3) is 10.0 Å². The van der Waals surface area contributed by atoms with E-state index in [4.69, 9.17) is 16.3 Å². The van der Waals surface area contributed by atoms with Crippen LogP contribution in [-0.2, 0) is 21.4 Å². The van der Waals surface area contributed by atoms with Gasteiger partial charge in [-0.25, -0.2) is 13.1 Å². The summed E-state index contributed by atoms with van der Waals surface area (Å²) in [5, 5.41) is 7.08. The maximum Gasteiger partial charge on any atom is 0.252 e. The van der Waals surface area contributed by atoms with Crippen LogP contribution >= 0.6 is 22.9 Å². The molecule has 8 nitrogen and oxygen atoms in total. The molecule has 0 fully saturated rings. The summed E-state index contributed by atoms with van der Waals surface area (Å²) in [5.41, 5.74) is 1.49. The molecule has 1 N–H and O–H groups in total. The Morgan fingerprint density at radius 1 is 1.24 bits per heavy atom. The fourth-order valence-corrected chi connectivity index (χ4v) is 5.28. The monoisotopic (exact) mass is 454 g/mol. The molecule has 3 rings (SSSR count). The van der Waals surface area contributed by atoms with Crippen molar-refractivity contribution in [3.63, 3.8) is 0 Å². The summed E-state index contributed by atoms with van der Waals surface area (Å²) in [7, 11) is -0.810. The summed E-state index contributed by atoms with van der Waals surface area (Å²) in [6, 6.07) is 12.1. The molecular weight excluding hydrogens is 436 g/mol. The highest BCUT2D eigenvalue weighted by atomic mass is 35.5. The van der Waals surface area contributed by atoms with Gasteiger partial charge in [-0.2, -0.15) is 9.40 Å². The third-order valence-electron chi connectivity index (χ3n) is 4.03. The quantitative estimate of drug-likeness (QED) is 0.564. The van der Waals surface area contributed by atoms with Crippen LogP contribution < -0.4 is 10.1 Å². The first-order valence-electron chi connectivity index (χ1n) is 8.47. The summed E-state index contributed by atoms with van der Waals surface area (Å²) in [6.07, 6.45) is 1.78. The Balaban J connectivity index is 1.56. The van der Waals surface area contributed by atoms with Crippen molar-refractivity contribution in [3.8, 4) is 11.4 Å². The first-order chi connectivity index (χ1) is 13.8. The molecule has 0 radical (unpaired) electrons. The molecule has 1 amide bonds. The summed E-state index contributed by atoms with van der Waals surface area (Å²) >= 11 is 6.74. The second-order valence-electron chi connectivity index (χ2n) is 6.05. The smallest absolute Gasteiger partial charge is 0.252 e. The third kappa shape index (κ3) is 5.15. The van der Waals surface area contributed by atoms with Gasteiger partial charge in [0.05, 0.1) is 35.9 Å². The molecular formula is C18H19ClN4O4S2. The number of sulfonamides is 1. The molecule has 0 saturated carbocycles. The molecule has 3 aromatic rings. The van der Waals surface area contributed by atoms with Gasteiger partial charge in [-0.15, -0.1) is 11.3 Å². The highest BCUT2D eigenvalue weighted by molar-refractivity contribution is 7.91. The SMILES string of the molecule is COc1ccc(-n2ccc(CNC(=O)CN(C)S(=O)(=O)c3ccc(Cl)s3)n2)cc1. The summed E-state index contributed by atoms with van der Waals surface area (Å²) < 4.78 is 33.1. The van der Waals surface area contributed by atoms with Crippen LogP contribution in [0.2, 0.25) is 4.34 Å². The molecule has 0 unspecified atom stereocenters. The molecule has 1 aromatic carbocycles. The summed E-state index contributed by atoms with van der Waals surface area (Å²) in [5.74, 6) is 0.315. The van der Waals surface area contributed by atoms with Crippen molar-refractivity contribution < 1.29 is 17.9 Å². The lowest BCUT2D eigenvalue weighted by Crippen LogP contribution is -2.37. The number of likely N-dealkylation sites (N-methyl/N-ethyl adjacent to an activating group) is 1. The number of methoxy groups -OCH3 is 1. The Bertz CT molecular complexity index is 1090. The van der Waals surface area contributed by atoms with Crippen LogP contribution in [0.3, 0.4) is 0 Å². The minimum Gasteiger partial charge on any atom is -0.497 e. The van der Waals surface area contributed by atoms with Gasteiger partial charge < -0.3 is 10.1 Å². The van der Waals surface area contributed by atoms with Gasteiger partial charge in [0, 0.05) is 13.2 Å². The third-order valence-corrected chi connectivity index (χ3v) is 7.53. The molecule has 0 spiro atoms. The molecule has 0 aliphatic heterocycles. The Morgan fingerprint density at radius 3 is 2.59 bits per heavy atom. The van der Waals surface area contributed by atoms with E-state index in [1.165, 1.54) is 19.2 Å². The number of hydrogen-bond acceptors (Lipinski definition) is 6. The second-order valence-corrected chi connectivity index (χ2v) is 10.0. The van der Waals surface area contributed by atoms with Crippen molar-refractivity contribution in [1.82, 2.24) is 19.4 Å². The number of ether oxygens (including phenoxy) is 1. The Hall–Kier alpha value is -2.40. The maximum absolute atomic E-state index is 12.4. The number of amides is 1. The predicted molar refractivity (Wildman–Crippen MR) is 111 cm³/mol. The second kappa shape index (κ2) is 8.95. The lowest BCUT2D eigenvalue weighted by molar-refractivity contribution is -0.121. The van der Waals surface area contributed by atoms with Crippen LogP contribution in [-0.4, -0.2) is 49.1 Å². The van der Waals surface area contributed by atoms with Crippen molar-refractivity contribution in [1.29, 1.82) is 0 Å². The van der Waals surface area contributed by atoms with Crippen molar-refractivity contribution in [3.05, 3.63) is 58.7 Å². The summed E-state index contributed by atoms with van der Waals surface area (Å²) in [6.45, 7) is -0.127.